The van der Waals surface area contributed by atoms with E-state index in [0.717, 1.165) is 27.9 Å². The number of aryl methyl sites for hydroxylation is 1. The lowest BCUT2D eigenvalue weighted by atomic mass is 10.0. The number of carbonyl (C=O) groups excluding carboxylic acids is 1. The first kappa shape index (κ1) is 20.3. The first-order chi connectivity index (χ1) is 14.4. The van der Waals surface area contributed by atoms with Gasteiger partial charge in [0.25, 0.3) is 0 Å². The van der Waals surface area contributed by atoms with Crippen LogP contribution in [0, 0.1) is 5.92 Å². The molecule has 1 atom stereocenters. The average Bonchev–Trinajstić information content (AvgIpc) is 3.29. The van der Waals surface area contributed by atoms with Gasteiger partial charge >= 0.3 is 0 Å². The van der Waals surface area contributed by atoms with Crippen LogP contribution in [-0.2, 0) is 28.2 Å². The number of hydrogen-bond donors (Lipinski definition) is 1. The second kappa shape index (κ2) is 8.39. The highest BCUT2D eigenvalue weighted by Gasteiger charge is 2.29. The molecule has 1 aliphatic heterocycles. The molecule has 0 aliphatic carbocycles. The molecule has 7 nitrogen and oxygen atoms in total. The normalized spacial score (nSPS) is 17.7. The molecule has 8 heteroatoms. The molecule has 1 saturated heterocycles. The Kier molecular flexibility index (Phi) is 5.67. The van der Waals surface area contributed by atoms with Crippen molar-refractivity contribution in [2.75, 3.05) is 11.5 Å². The van der Waals surface area contributed by atoms with Crippen LogP contribution in [0.5, 0.6) is 0 Å². The zero-order chi connectivity index (χ0) is 21.1. The van der Waals surface area contributed by atoms with E-state index in [9.17, 15) is 13.2 Å². The van der Waals surface area contributed by atoms with Crippen LogP contribution in [0.2, 0.25) is 0 Å². The Morgan fingerprint density at radius 2 is 1.87 bits per heavy atom. The van der Waals surface area contributed by atoms with Crippen molar-refractivity contribution >= 4 is 15.7 Å². The third kappa shape index (κ3) is 4.76. The molecule has 0 saturated carbocycles. The predicted molar refractivity (Wildman–Crippen MR) is 115 cm³/mol. The van der Waals surface area contributed by atoms with Gasteiger partial charge in [-0.25, -0.2) is 8.42 Å². The van der Waals surface area contributed by atoms with Crippen LogP contribution in [0.1, 0.15) is 18.4 Å². The van der Waals surface area contributed by atoms with E-state index in [4.69, 9.17) is 0 Å². The fourth-order valence-corrected chi connectivity index (χ4v) is 5.65. The van der Waals surface area contributed by atoms with Gasteiger partial charge in [-0.1, -0.05) is 24.3 Å². The minimum Gasteiger partial charge on any atom is -0.352 e. The molecule has 1 aromatic carbocycles. The molecular formula is C22H24N4O3S. The number of nitrogens with zero attached hydrogens (tertiary/aromatic N) is 3. The lowest BCUT2D eigenvalue weighted by Crippen LogP contribution is -2.25. The molecule has 0 radical (unpaired) electrons. The highest BCUT2D eigenvalue weighted by atomic mass is 32.2. The molecule has 0 bridgehead atoms. The van der Waals surface area contributed by atoms with Gasteiger partial charge in [0.2, 0.25) is 5.91 Å². The second-order valence-electron chi connectivity index (χ2n) is 7.75. The highest BCUT2D eigenvalue weighted by Crippen LogP contribution is 2.30. The summed E-state index contributed by atoms with van der Waals surface area (Å²) in [5.74, 6) is 0.152. The Balaban J connectivity index is 1.40. The molecule has 1 N–H and O–H groups in total. The van der Waals surface area contributed by atoms with Crippen molar-refractivity contribution in [2.24, 2.45) is 13.0 Å². The summed E-state index contributed by atoms with van der Waals surface area (Å²) in [6.07, 6.45) is 6.36. The summed E-state index contributed by atoms with van der Waals surface area (Å²) in [6, 6.07) is 11.9. The quantitative estimate of drug-likeness (QED) is 0.656. The number of aromatic nitrogens is 3. The van der Waals surface area contributed by atoms with Crippen molar-refractivity contribution in [1.82, 2.24) is 20.1 Å². The van der Waals surface area contributed by atoms with E-state index < -0.39 is 9.84 Å². The second-order valence-corrected chi connectivity index (χ2v) is 9.98. The largest absolute Gasteiger partial charge is 0.352 e. The van der Waals surface area contributed by atoms with Gasteiger partial charge in [-0.2, -0.15) is 5.10 Å². The molecule has 30 heavy (non-hydrogen) atoms. The number of benzene rings is 1. The van der Waals surface area contributed by atoms with Crippen molar-refractivity contribution < 1.29 is 13.2 Å². The molecule has 2 aromatic heterocycles. The van der Waals surface area contributed by atoms with Crippen molar-refractivity contribution in [3.05, 3.63) is 60.6 Å². The van der Waals surface area contributed by atoms with Gasteiger partial charge in [-0.15, -0.1) is 0 Å². The maximum absolute atomic E-state index is 12.2. The van der Waals surface area contributed by atoms with Crippen molar-refractivity contribution in [3.8, 4) is 22.4 Å². The van der Waals surface area contributed by atoms with Crippen molar-refractivity contribution in [2.45, 2.75) is 19.4 Å². The smallest absolute Gasteiger partial charge is 0.220 e. The molecule has 0 spiro atoms. The molecule has 1 fully saturated rings. The number of amides is 1. The van der Waals surface area contributed by atoms with Gasteiger partial charge in [-0.3, -0.25) is 14.5 Å². The minimum atomic E-state index is -2.95. The number of hydrogen-bond acceptors (Lipinski definition) is 5. The van der Waals surface area contributed by atoms with Gasteiger partial charge in [0.05, 0.1) is 11.5 Å². The van der Waals surface area contributed by atoms with Crippen LogP contribution >= 0.6 is 0 Å². The van der Waals surface area contributed by atoms with Crippen molar-refractivity contribution in [3.63, 3.8) is 0 Å². The summed E-state index contributed by atoms with van der Waals surface area (Å²) in [7, 11) is -1.06. The van der Waals surface area contributed by atoms with Crippen LogP contribution in [-0.4, -0.2) is 40.6 Å². The summed E-state index contributed by atoms with van der Waals surface area (Å²) in [6.45, 7) is 0.415. The maximum Gasteiger partial charge on any atom is 0.220 e. The van der Waals surface area contributed by atoms with E-state index in [1.807, 2.05) is 49.6 Å². The lowest BCUT2D eigenvalue weighted by molar-refractivity contribution is -0.122. The topological polar surface area (TPSA) is 94.0 Å². The number of pyridine rings is 1. The van der Waals surface area contributed by atoms with E-state index in [2.05, 4.69) is 15.4 Å². The van der Waals surface area contributed by atoms with Crippen LogP contribution in [0.3, 0.4) is 0 Å². The van der Waals surface area contributed by atoms with Crippen LogP contribution in [0.4, 0.5) is 0 Å². The fraction of sp³-hybridized carbons (Fsp3) is 0.318. The first-order valence-corrected chi connectivity index (χ1v) is 11.7. The Bertz CT molecular complexity index is 1140. The molecule has 3 aromatic rings. The molecular weight excluding hydrogens is 400 g/mol. The lowest BCUT2D eigenvalue weighted by Gasteiger charge is -2.09. The number of nitrogens with one attached hydrogen (secondary N) is 1. The Labute approximate surface area is 176 Å². The zero-order valence-electron chi connectivity index (χ0n) is 16.8. The standard InChI is InChI=1S/C22H24N4O3S/c1-26-14-20(18-6-9-23-10-7-18)22(25-26)19-4-2-16(3-5-19)13-24-21(27)12-17-8-11-30(28,29)15-17/h2-7,9-10,14,17H,8,11-13,15H2,1H3,(H,24,27)/t17-/m0/s1. The van der Waals surface area contributed by atoms with Crippen molar-refractivity contribution in [1.29, 1.82) is 0 Å². The Hall–Kier alpha value is -3.00. The molecule has 1 amide bonds. The summed E-state index contributed by atoms with van der Waals surface area (Å²) in [5.41, 5.74) is 4.95. The number of sulfone groups is 1. The van der Waals surface area contributed by atoms with Gasteiger partial charge < -0.3 is 5.32 Å². The summed E-state index contributed by atoms with van der Waals surface area (Å²) in [5, 5.41) is 7.50. The number of carbonyl (C=O) groups is 1. The molecule has 4 rings (SSSR count). The third-order valence-electron chi connectivity index (χ3n) is 5.34. The van der Waals surface area contributed by atoms with Gasteiger partial charge in [0, 0.05) is 49.7 Å². The molecule has 1 aliphatic rings. The monoisotopic (exact) mass is 424 g/mol. The molecule has 0 unspecified atom stereocenters. The minimum absolute atomic E-state index is 0.0619. The van der Waals surface area contributed by atoms with Gasteiger partial charge in [0.15, 0.2) is 9.84 Å². The Morgan fingerprint density at radius 1 is 1.13 bits per heavy atom. The average molecular weight is 425 g/mol. The Morgan fingerprint density at radius 3 is 2.53 bits per heavy atom. The summed E-state index contributed by atoms with van der Waals surface area (Å²) >= 11 is 0. The zero-order valence-corrected chi connectivity index (χ0v) is 17.6. The fourth-order valence-electron chi connectivity index (χ4n) is 3.79. The third-order valence-corrected chi connectivity index (χ3v) is 7.17. The highest BCUT2D eigenvalue weighted by molar-refractivity contribution is 7.91. The molecule has 156 valence electrons. The summed E-state index contributed by atoms with van der Waals surface area (Å²) < 4.78 is 24.8. The van der Waals surface area contributed by atoms with Crippen LogP contribution in [0.15, 0.2) is 55.0 Å². The van der Waals surface area contributed by atoms with Crippen LogP contribution in [0.25, 0.3) is 22.4 Å². The maximum atomic E-state index is 12.2. The first-order valence-electron chi connectivity index (χ1n) is 9.90. The van der Waals surface area contributed by atoms with Gasteiger partial charge in [0.1, 0.15) is 5.69 Å². The van der Waals surface area contributed by atoms with E-state index in [1.54, 1.807) is 17.1 Å². The van der Waals surface area contributed by atoms with E-state index >= 15 is 0 Å². The van der Waals surface area contributed by atoms with Crippen LogP contribution < -0.4 is 5.32 Å². The molecule has 3 heterocycles. The van der Waals surface area contributed by atoms with E-state index in [1.165, 1.54) is 0 Å². The summed E-state index contributed by atoms with van der Waals surface area (Å²) in [4.78, 5) is 16.2. The predicted octanol–water partition coefficient (Wildman–Crippen LogP) is 2.59. The number of rotatable bonds is 6. The van der Waals surface area contributed by atoms with E-state index in [0.29, 0.717) is 13.0 Å². The van der Waals surface area contributed by atoms with E-state index in [-0.39, 0.29) is 29.8 Å². The van der Waals surface area contributed by atoms with Gasteiger partial charge in [-0.05, 0) is 35.6 Å². The SMILES string of the molecule is Cn1cc(-c2ccncc2)c(-c2ccc(CNC(=O)C[C@@H]3CCS(=O)(=O)C3)cc2)n1.